The summed E-state index contributed by atoms with van der Waals surface area (Å²) in [5, 5.41) is 3.10. The summed E-state index contributed by atoms with van der Waals surface area (Å²) in [6, 6.07) is 0.869. The molecular weight excluding hydrogens is 216 g/mol. The fourth-order valence-corrected chi connectivity index (χ4v) is 2.79. The quantitative estimate of drug-likeness (QED) is 0.781. The summed E-state index contributed by atoms with van der Waals surface area (Å²) >= 11 is 0. The van der Waals surface area contributed by atoms with Crippen molar-refractivity contribution in [2.75, 3.05) is 32.8 Å². The van der Waals surface area contributed by atoms with Crippen LogP contribution in [0, 0.1) is 11.3 Å². The number of rotatable bonds is 4. The van der Waals surface area contributed by atoms with Crippen LogP contribution in [0.15, 0.2) is 0 Å². The number of nitrogens with one attached hydrogen (secondary N) is 1. The highest BCUT2D eigenvalue weighted by Gasteiger charge is 2.41. The number of amides is 1. The molecule has 0 aromatic rings. The zero-order valence-electron chi connectivity index (χ0n) is 10.6. The van der Waals surface area contributed by atoms with E-state index in [1.807, 2.05) is 6.92 Å². The maximum Gasteiger partial charge on any atom is 0.230 e. The summed E-state index contributed by atoms with van der Waals surface area (Å²) in [6.45, 7) is 6.40. The normalized spacial score (nSPS) is 32.2. The van der Waals surface area contributed by atoms with Crippen molar-refractivity contribution in [2.24, 2.45) is 11.3 Å². The molecule has 3 rings (SSSR count). The largest absolute Gasteiger partial charge is 0.379 e. The fourth-order valence-electron chi connectivity index (χ4n) is 2.79. The van der Waals surface area contributed by atoms with Crippen molar-refractivity contribution in [2.45, 2.75) is 32.2 Å². The Balaban J connectivity index is 1.41. The zero-order chi connectivity index (χ0) is 11.9. The lowest BCUT2D eigenvalue weighted by Crippen LogP contribution is -2.52. The van der Waals surface area contributed by atoms with Gasteiger partial charge in [0.05, 0.1) is 18.6 Å². The smallest absolute Gasteiger partial charge is 0.230 e. The van der Waals surface area contributed by atoms with E-state index in [0.29, 0.717) is 19.1 Å². The van der Waals surface area contributed by atoms with Gasteiger partial charge in [0.25, 0.3) is 0 Å². The summed E-state index contributed by atoms with van der Waals surface area (Å²) < 4.78 is 5.12. The second kappa shape index (κ2) is 4.25. The minimum absolute atomic E-state index is 0.175. The third-order valence-corrected chi connectivity index (χ3v) is 4.32. The molecule has 4 nitrogen and oxygen atoms in total. The Hall–Kier alpha value is -0.610. The molecule has 17 heavy (non-hydrogen) atoms. The second-order valence-corrected chi connectivity index (χ2v) is 6.14. The predicted molar refractivity (Wildman–Crippen MR) is 64.6 cm³/mol. The van der Waals surface area contributed by atoms with E-state index in [1.54, 1.807) is 0 Å². The first-order valence-corrected chi connectivity index (χ1v) is 6.77. The van der Waals surface area contributed by atoms with Crippen LogP contribution in [0.5, 0.6) is 0 Å². The lowest BCUT2D eigenvalue weighted by Gasteiger charge is -2.36. The predicted octanol–water partition coefficient (Wildman–Crippen LogP) is 0.623. The van der Waals surface area contributed by atoms with Gasteiger partial charge in [-0.1, -0.05) is 0 Å². The van der Waals surface area contributed by atoms with Crippen LogP contribution in [0.3, 0.4) is 0 Å². The Morgan fingerprint density at radius 1 is 1.41 bits per heavy atom. The van der Waals surface area contributed by atoms with E-state index in [-0.39, 0.29) is 11.3 Å². The number of hydrogen-bond donors (Lipinski definition) is 1. The van der Waals surface area contributed by atoms with E-state index in [9.17, 15) is 4.79 Å². The Labute approximate surface area is 103 Å². The van der Waals surface area contributed by atoms with Crippen molar-refractivity contribution < 1.29 is 9.53 Å². The number of carbonyl (C=O) groups is 1. The molecular formula is C13H22N2O2. The molecule has 3 aliphatic rings. The van der Waals surface area contributed by atoms with Crippen LogP contribution in [0.25, 0.3) is 0 Å². The van der Waals surface area contributed by atoms with Gasteiger partial charge in [0, 0.05) is 19.1 Å². The first-order valence-electron chi connectivity index (χ1n) is 6.77. The molecule has 3 fully saturated rings. The van der Waals surface area contributed by atoms with Crippen LogP contribution in [-0.2, 0) is 9.53 Å². The standard InChI is InChI=1S/C13H22N2O2/c1-13(8-17-9-13)12(16)14-6-10-4-5-15(7-10)11-2-3-11/h10-11H,2-9H2,1H3,(H,14,16)/t10-/m0/s1. The molecule has 1 aliphatic carbocycles. The first kappa shape index (κ1) is 11.5. The number of carbonyl (C=O) groups excluding carboxylic acids is 1. The molecule has 2 saturated heterocycles. The highest BCUT2D eigenvalue weighted by Crippen LogP contribution is 2.31. The third-order valence-electron chi connectivity index (χ3n) is 4.32. The van der Waals surface area contributed by atoms with Crippen LogP contribution >= 0.6 is 0 Å². The number of ether oxygens (including phenoxy) is 1. The maximum atomic E-state index is 11.9. The molecule has 96 valence electrons. The summed E-state index contributed by atoms with van der Waals surface area (Å²) in [6.07, 6.45) is 4.01. The molecule has 0 aromatic carbocycles. The Kier molecular flexibility index (Phi) is 2.87. The SMILES string of the molecule is CC1(C(=O)NC[C@@H]2CCN(C3CC3)C2)COC1. The van der Waals surface area contributed by atoms with Crippen molar-refractivity contribution in [3.8, 4) is 0 Å². The van der Waals surface area contributed by atoms with Crippen molar-refractivity contribution in [3.63, 3.8) is 0 Å². The maximum absolute atomic E-state index is 11.9. The first-order chi connectivity index (χ1) is 8.17. The van der Waals surface area contributed by atoms with Gasteiger partial charge >= 0.3 is 0 Å². The Morgan fingerprint density at radius 3 is 2.76 bits per heavy atom. The van der Waals surface area contributed by atoms with Gasteiger partial charge in [0.1, 0.15) is 0 Å². The summed E-state index contributed by atoms with van der Waals surface area (Å²) in [7, 11) is 0. The minimum Gasteiger partial charge on any atom is -0.379 e. The molecule has 2 heterocycles. The summed E-state index contributed by atoms with van der Waals surface area (Å²) in [5.41, 5.74) is -0.255. The number of likely N-dealkylation sites (tertiary alicyclic amines) is 1. The molecule has 1 atom stereocenters. The van der Waals surface area contributed by atoms with E-state index < -0.39 is 0 Å². The fraction of sp³-hybridized carbons (Fsp3) is 0.923. The van der Waals surface area contributed by atoms with Crippen LogP contribution in [-0.4, -0.2) is 49.7 Å². The van der Waals surface area contributed by atoms with Gasteiger partial charge in [-0.25, -0.2) is 0 Å². The number of nitrogens with zero attached hydrogens (tertiary/aromatic N) is 1. The Morgan fingerprint density at radius 2 is 2.18 bits per heavy atom. The van der Waals surface area contributed by atoms with Crippen LogP contribution in [0.1, 0.15) is 26.2 Å². The van der Waals surface area contributed by atoms with Gasteiger partial charge in [-0.15, -0.1) is 0 Å². The van der Waals surface area contributed by atoms with E-state index in [4.69, 9.17) is 4.74 Å². The molecule has 0 unspecified atom stereocenters. The molecule has 1 amide bonds. The molecule has 4 heteroatoms. The topological polar surface area (TPSA) is 41.6 Å². The van der Waals surface area contributed by atoms with Crippen LogP contribution in [0.4, 0.5) is 0 Å². The van der Waals surface area contributed by atoms with Gasteiger partial charge in [0.2, 0.25) is 5.91 Å². The molecule has 0 bridgehead atoms. The van der Waals surface area contributed by atoms with Crippen LogP contribution < -0.4 is 5.32 Å². The molecule has 1 saturated carbocycles. The number of hydrogen-bond acceptors (Lipinski definition) is 3. The van der Waals surface area contributed by atoms with E-state index in [1.165, 1.54) is 32.4 Å². The molecule has 0 radical (unpaired) electrons. The van der Waals surface area contributed by atoms with Crippen LogP contribution in [0.2, 0.25) is 0 Å². The third kappa shape index (κ3) is 2.33. The van der Waals surface area contributed by atoms with Gasteiger partial charge in [-0.05, 0) is 38.6 Å². The van der Waals surface area contributed by atoms with Gasteiger partial charge in [-0.2, -0.15) is 0 Å². The second-order valence-electron chi connectivity index (χ2n) is 6.14. The van der Waals surface area contributed by atoms with E-state index >= 15 is 0 Å². The highest BCUT2D eigenvalue weighted by atomic mass is 16.5. The molecule has 0 spiro atoms. The van der Waals surface area contributed by atoms with Crippen molar-refractivity contribution in [1.82, 2.24) is 10.2 Å². The van der Waals surface area contributed by atoms with Gasteiger partial charge in [0.15, 0.2) is 0 Å². The average Bonchev–Trinajstić information content (AvgIpc) is 3.03. The van der Waals surface area contributed by atoms with E-state index in [2.05, 4.69) is 10.2 Å². The molecule has 1 N–H and O–H groups in total. The summed E-state index contributed by atoms with van der Waals surface area (Å²) in [5.74, 6) is 0.831. The minimum atomic E-state index is -0.255. The molecule has 0 aromatic heterocycles. The van der Waals surface area contributed by atoms with Gasteiger partial charge < -0.3 is 15.0 Å². The average molecular weight is 238 g/mol. The van der Waals surface area contributed by atoms with E-state index in [0.717, 1.165) is 12.6 Å². The summed E-state index contributed by atoms with van der Waals surface area (Å²) in [4.78, 5) is 14.5. The zero-order valence-corrected chi connectivity index (χ0v) is 10.6. The van der Waals surface area contributed by atoms with Crippen molar-refractivity contribution in [1.29, 1.82) is 0 Å². The van der Waals surface area contributed by atoms with Crippen molar-refractivity contribution in [3.05, 3.63) is 0 Å². The highest BCUT2D eigenvalue weighted by molar-refractivity contribution is 5.83. The van der Waals surface area contributed by atoms with Crippen molar-refractivity contribution >= 4 is 5.91 Å². The molecule has 2 aliphatic heterocycles. The Bertz CT molecular complexity index is 311. The lowest BCUT2D eigenvalue weighted by atomic mass is 9.87. The lowest BCUT2D eigenvalue weighted by molar-refractivity contribution is -0.157. The monoisotopic (exact) mass is 238 g/mol. The van der Waals surface area contributed by atoms with Gasteiger partial charge in [-0.3, -0.25) is 4.79 Å².